The summed E-state index contributed by atoms with van der Waals surface area (Å²) >= 11 is 2.24. The number of hydrogen-bond donors (Lipinski definition) is 0. The Hall–Kier alpha value is -0.450. The summed E-state index contributed by atoms with van der Waals surface area (Å²) in [4.78, 5) is 0. The minimum Gasteiger partial charge on any atom is -0.454 e. The van der Waals surface area contributed by atoms with Crippen LogP contribution in [-0.2, 0) is 0 Å². The quantitative estimate of drug-likeness (QED) is 0.654. The van der Waals surface area contributed by atoms with Crippen LogP contribution >= 0.6 is 22.6 Å². The van der Waals surface area contributed by atoms with E-state index in [4.69, 9.17) is 9.47 Å². The number of rotatable bonds is 0. The van der Waals surface area contributed by atoms with Gasteiger partial charge in [-0.05, 0) is 40.8 Å². The second-order valence-corrected chi connectivity index (χ2v) is 3.24. The van der Waals surface area contributed by atoms with Crippen molar-refractivity contribution in [3.8, 4) is 11.5 Å². The zero-order valence-electron chi connectivity index (χ0n) is 5.13. The molecule has 0 amide bonds. The van der Waals surface area contributed by atoms with E-state index < -0.39 is 0 Å². The van der Waals surface area contributed by atoms with E-state index in [0.29, 0.717) is 6.79 Å². The van der Waals surface area contributed by atoms with E-state index in [9.17, 15) is 0 Å². The second kappa shape index (κ2) is 2.30. The largest absolute Gasteiger partial charge is 0.454 e. The van der Waals surface area contributed by atoms with Gasteiger partial charge in [-0.25, -0.2) is 0 Å². The summed E-state index contributed by atoms with van der Waals surface area (Å²) in [5, 5.41) is 0. The van der Waals surface area contributed by atoms with Gasteiger partial charge in [0.1, 0.15) is 0 Å². The fourth-order valence-corrected chi connectivity index (χ4v) is 1.33. The van der Waals surface area contributed by atoms with Crippen molar-refractivity contribution in [1.82, 2.24) is 0 Å². The highest BCUT2D eigenvalue weighted by Crippen LogP contribution is 2.32. The minimum atomic E-state index is 0.357. The summed E-state index contributed by atoms with van der Waals surface area (Å²) in [6, 6.07) is 5.88. The van der Waals surface area contributed by atoms with Crippen LogP contribution in [0.4, 0.5) is 0 Å². The van der Waals surface area contributed by atoms with Crippen LogP contribution in [0.15, 0.2) is 18.2 Å². The first-order chi connectivity index (χ1) is 4.86. The molecule has 10 heavy (non-hydrogen) atoms. The Bertz CT molecular complexity index is 260. The number of hydrogen-bond acceptors (Lipinski definition) is 2. The number of benzene rings is 1. The van der Waals surface area contributed by atoms with Crippen LogP contribution in [0.2, 0.25) is 0 Å². The van der Waals surface area contributed by atoms with Gasteiger partial charge in [0.15, 0.2) is 11.5 Å². The van der Waals surface area contributed by atoms with Crippen LogP contribution in [0, 0.1) is 3.57 Å². The zero-order valence-corrected chi connectivity index (χ0v) is 7.29. The van der Waals surface area contributed by atoms with Crippen molar-refractivity contribution in [3.63, 3.8) is 0 Å². The fourth-order valence-electron chi connectivity index (χ4n) is 0.870. The van der Waals surface area contributed by atoms with Gasteiger partial charge in [0, 0.05) is 3.57 Å². The molecule has 0 saturated carbocycles. The summed E-state index contributed by atoms with van der Waals surface area (Å²) in [5.74, 6) is 1.70. The van der Waals surface area contributed by atoms with E-state index in [-0.39, 0.29) is 0 Å². The van der Waals surface area contributed by atoms with Crippen LogP contribution in [0.1, 0.15) is 0 Å². The van der Waals surface area contributed by atoms with Crippen molar-refractivity contribution in [3.05, 3.63) is 21.8 Å². The van der Waals surface area contributed by atoms with Gasteiger partial charge in [-0.1, -0.05) is 0 Å². The van der Waals surface area contributed by atoms with E-state index in [1.54, 1.807) is 0 Å². The highest BCUT2D eigenvalue weighted by molar-refractivity contribution is 14.1. The third-order valence-corrected chi connectivity index (χ3v) is 2.01. The van der Waals surface area contributed by atoms with Crippen molar-refractivity contribution in [2.75, 3.05) is 6.79 Å². The molecule has 1 heterocycles. The van der Waals surface area contributed by atoms with Gasteiger partial charge in [0.05, 0.1) is 0 Å². The second-order valence-electron chi connectivity index (χ2n) is 2.00. The molecule has 0 aromatic heterocycles. The maximum atomic E-state index is 5.15. The first-order valence-electron chi connectivity index (χ1n) is 2.91. The van der Waals surface area contributed by atoms with E-state index in [2.05, 4.69) is 22.6 Å². The Kier molecular flexibility index (Phi) is 1.44. The Morgan fingerprint density at radius 3 is 2.90 bits per heavy atom. The molecule has 0 bridgehead atoms. The lowest BCUT2D eigenvalue weighted by molar-refractivity contribution is 0.174. The van der Waals surface area contributed by atoms with Gasteiger partial charge < -0.3 is 9.47 Å². The molecule has 0 saturated heterocycles. The molecule has 0 radical (unpaired) electrons. The SMILES string of the molecule is Ic1ccc2c(c1)OCO2. The van der Waals surface area contributed by atoms with E-state index in [1.165, 1.54) is 3.57 Å². The standard InChI is InChI=1S/C7H5IO2/c8-5-1-2-6-7(3-5)10-4-9-6/h1-3H,4H2. The van der Waals surface area contributed by atoms with Gasteiger partial charge in [-0.15, -0.1) is 0 Å². The average molecular weight is 248 g/mol. The monoisotopic (exact) mass is 248 g/mol. The topological polar surface area (TPSA) is 18.5 Å². The molecule has 0 N–H and O–H groups in total. The maximum absolute atomic E-state index is 5.15. The average Bonchev–Trinajstić information content (AvgIpc) is 2.33. The van der Waals surface area contributed by atoms with Crippen molar-refractivity contribution < 1.29 is 9.47 Å². The molecule has 0 spiro atoms. The van der Waals surface area contributed by atoms with Gasteiger partial charge in [0.2, 0.25) is 6.79 Å². The van der Waals surface area contributed by atoms with Crippen LogP contribution in [0.5, 0.6) is 11.5 Å². The van der Waals surface area contributed by atoms with Crippen LogP contribution in [0.3, 0.4) is 0 Å². The molecule has 0 atom stereocenters. The van der Waals surface area contributed by atoms with Crippen LogP contribution in [0.25, 0.3) is 0 Å². The smallest absolute Gasteiger partial charge is 0.231 e. The first kappa shape index (κ1) is 6.27. The molecule has 0 aliphatic carbocycles. The number of fused-ring (bicyclic) bond motifs is 1. The van der Waals surface area contributed by atoms with E-state index in [1.807, 2.05) is 18.2 Å². The summed E-state index contributed by atoms with van der Waals surface area (Å²) in [7, 11) is 0. The zero-order chi connectivity index (χ0) is 6.97. The predicted octanol–water partition coefficient (Wildman–Crippen LogP) is 2.02. The molecule has 0 unspecified atom stereocenters. The molecule has 52 valence electrons. The Labute approximate surface area is 72.3 Å². The van der Waals surface area contributed by atoms with Crippen molar-refractivity contribution in [2.45, 2.75) is 0 Å². The summed E-state index contributed by atoms with van der Waals surface area (Å²) in [5.41, 5.74) is 0. The summed E-state index contributed by atoms with van der Waals surface area (Å²) in [6.45, 7) is 0.357. The van der Waals surface area contributed by atoms with Gasteiger partial charge in [-0.3, -0.25) is 0 Å². The van der Waals surface area contributed by atoms with Gasteiger partial charge >= 0.3 is 0 Å². The van der Waals surface area contributed by atoms with E-state index >= 15 is 0 Å². The minimum absolute atomic E-state index is 0.357. The Morgan fingerprint density at radius 1 is 1.20 bits per heavy atom. The molecule has 3 heteroatoms. The van der Waals surface area contributed by atoms with Gasteiger partial charge in [-0.2, -0.15) is 0 Å². The summed E-state index contributed by atoms with van der Waals surface area (Å²) < 4.78 is 11.4. The number of halogens is 1. The van der Waals surface area contributed by atoms with Crippen LogP contribution in [-0.4, -0.2) is 6.79 Å². The molecule has 1 aliphatic heterocycles. The molecular weight excluding hydrogens is 243 g/mol. The normalized spacial score (nSPS) is 13.7. The van der Waals surface area contributed by atoms with Crippen molar-refractivity contribution >= 4 is 22.6 Å². The molecule has 1 aromatic rings. The summed E-state index contributed by atoms with van der Waals surface area (Å²) in [6.07, 6.45) is 0. The van der Waals surface area contributed by atoms with Crippen LogP contribution < -0.4 is 9.47 Å². The fraction of sp³-hybridized carbons (Fsp3) is 0.143. The molecule has 2 nitrogen and oxygen atoms in total. The predicted molar refractivity (Wildman–Crippen MR) is 45.3 cm³/mol. The molecule has 1 aromatic carbocycles. The maximum Gasteiger partial charge on any atom is 0.231 e. The molecule has 1 aliphatic rings. The highest BCUT2D eigenvalue weighted by Gasteiger charge is 2.11. The lowest BCUT2D eigenvalue weighted by atomic mass is 10.3. The Balaban J connectivity index is 2.52. The first-order valence-corrected chi connectivity index (χ1v) is 3.99. The molecule has 2 rings (SSSR count). The number of ether oxygens (including phenoxy) is 2. The van der Waals surface area contributed by atoms with Gasteiger partial charge in [0.25, 0.3) is 0 Å². The molecule has 0 fully saturated rings. The van der Waals surface area contributed by atoms with E-state index in [0.717, 1.165) is 11.5 Å². The lowest BCUT2D eigenvalue weighted by Crippen LogP contribution is -1.92. The lowest BCUT2D eigenvalue weighted by Gasteiger charge is -1.93. The van der Waals surface area contributed by atoms with Crippen molar-refractivity contribution in [2.24, 2.45) is 0 Å². The molecular formula is C7H5IO2. The Morgan fingerprint density at radius 2 is 2.00 bits per heavy atom. The van der Waals surface area contributed by atoms with Crippen molar-refractivity contribution in [1.29, 1.82) is 0 Å². The highest BCUT2D eigenvalue weighted by atomic mass is 127. The third-order valence-electron chi connectivity index (χ3n) is 1.33. The third kappa shape index (κ3) is 0.941.